The van der Waals surface area contributed by atoms with Crippen LogP contribution in [0.3, 0.4) is 0 Å². The second-order valence-electron chi connectivity index (χ2n) is 5.19. The van der Waals surface area contributed by atoms with E-state index in [0.717, 1.165) is 5.56 Å². The first-order valence-corrected chi connectivity index (χ1v) is 5.44. The molecule has 0 spiro atoms. The van der Waals surface area contributed by atoms with Crippen molar-refractivity contribution in [3.05, 3.63) is 45.4 Å². The van der Waals surface area contributed by atoms with Crippen LogP contribution in [-0.2, 0) is 5.41 Å². The molecule has 17 heavy (non-hydrogen) atoms. The molecule has 4 heteroatoms. The smallest absolute Gasteiger partial charge is 0.258 e. The van der Waals surface area contributed by atoms with E-state index in [9.17, 15) is 14.5 Å². The van der Waals surface area contributed by atoms with E-state index in [1.54, 1.807) is 13.0 Å². The number of hydrogen-bond acceptors (Lipinski definition) is 2. The third-order valence-corrected chi connectivity index (χ3v) is 2.69. The fraction of sp³-hybridized carbons (Fsp3) is 0.462. The Morgan fingerprint density at radius 2 is 1.94 bits per heavy atom. The van der Waals surface area contributed by atoms with Crippen LogP contribution >= 0.6 is 0 Å². The third kappa shape index (κ3) is 3.25. The van der Waals surface area contributed by atoms with E-state index >= 15 is 0 Å². The van der Waals surface area contributed by atoms with Crippen molar-refractivity contribution < 1.29 is 9.31 Å². The Kier molecular flexibility index (Phi) is 3.86. The summed E-state index contributed by atoms with van der Waals surface area (Å²) in [5, 5.41) is 10.8. The summed E-state index contributed by atoms with van der Waals surface area (Å²) in [6.45, 7) is 6.97. The summed E-state index contributed by atoms with van der Waals surface area (Å²) in [5.74, 6) is 0.513. The van der Waals surface area contributed by atoms with Gasteiger partial charge in [-0.1, -0.05) is 33.8 Å². The van der Waals surface area contributed by atoms with E-state index in [4.69, 9.17) is 0 Å². The molecule has 0 aromatic heterocycles. The number of non-ortho nitro benzene ring substituents is 1. The molecule has 0 fully saturated rings. The molecule has 1 rings (SSSR count). The number of alkyl halides is 1. The van der Waals surface area contributed by atoms with Crippen LogP contribution < -0.4 is 0 Å². The van der Waals surface area contributed by atoms with Crippen LogP contribution in [0, 0.1) is 16.0 Å². The maximum atomic E-state index is 12.6. The zero-order valence-electron chi connectivity index (χ0n) is 10.6. The zero-order chi connectivity index (χ0) is 13.2. The van der Waals surface area contributed by atoms with Gasteiger partial charge in [0, 0.05) is 18.1 Å². The number of nitro benzene ring substituents is 1. The first-order valence-electron chi connectivity index (χ1n) is 5.44. The number of nitrogens with zero attached hydrogens (tertiary/aromatic N) is 1. The number of hydrogen-bond donors (Lipinski definition) is 0. The van der Waals surface area contributed by atoms with Crippen LogP contribution in [0.4, 0.5) is 10.1 Å². The predicted molar refractivity (Wildman–Crippen MR) is 65.8 cm³/mol. The van der Waals surface area contributed by atoms with E-state index in [1.165, 1.54) is 6.07 Å². The Morgan fingerprint density at radius 1 is 1.35 bits per heavy atom. The average Bonchev–Trinajstić information content (AvgIpc) is 2.26. The molecule has 0 amide bonds. The Labute approximate surface area is 101 Å². The minimum atomic E-state index is -0.593. The monoisotopic (exact) mass is 238 g/mol. The molecule has 1 aromatic carbocycles. The maximum Gasteiger partial charge on any atom is 0.270 e. The van der Waals surface area contributed by atoms with Crippen molar-refractivity contribution in [2.24, 2.45) is 0 Å². The number of benzene rings is 1. The van der Waals surface area contributed by atoms with E-state index in [2.05, 4.69) is 0 Å². The quantitative estimate of drug-likeness (QED) is 0.593. The Bertz CT molecular complexity index is 424. The molecule has 0 N–H and O–H groups in total. The highest BCUT2D eigenvalue weighted by atomic mass is 19.1. The van der Waals surface area contributed by atoms with Gasteiger partial charge in [-0.25, -0.2) is 0 Å². The van der Waals surface area contributed by atoms with Gasteiger partial charge in [-0.3, -0.25) is 14.5 Å². The lowest BCUT2D eigenvalue weighted by atomic mass is 9.84. The normalized spacial score (nSPS) is 11.9. The highest BCUT2D eigenvalue weighted by molar-refractivity contribution is 5.46. The Hall–Kier alpha value is -1.45. The molecule has 3 nitrogen and oxygen atoms in total. The van der Waals surface area contributed by atoms with Crippen LogP contribution in [0.2, 0.25) is 0 Å². The standard InChI is InChI=1S/C13H17FNO2/c1-9(8-14)10-5-11(13(2,3)4)7-12(6-10)15(16)17/h5-7H,8H2,1-4H3. The summed E-state index contributed by atoms with van der Waals surface area (Å²) in [6.07, 6.45) is 0. The van der Waals surface area contributed by atoms with Gasteiger partial charge in [0.1, 0.15) is 0 Å². The van der Waals surface area contributed by atoms with Crippen LogP contribution in [0.25, 0.3) is 0 Å². The van der Waals surface area contributed by atoms with Crippen molar-refractivity contribution in [1.82, 2.24) is 0 Å². The molecule has 1 radical (unpaired) electrons. The van der Waals surface area contributed by atoms with Gasteiger partial charge in [0.15, 0.2) is 0 Å². The molecule has 0 aliphatic rings. The minimum absolute atomic E-state index is 0.0141. The molecule has 93 valence electrons. The Balaban J connectivity index is 3.34. The first-order chi connectivity index (χ1) is 7.75. The van der Waals surface area contributed by atoms with Gasteiger partial charge in [0.05, 0.1) is 11.6 Å². The minimum Gasteiger partial charge on any atom is -0.258 e. The molecular formula is C13H17FNO2. The number of nitro groups is 1. The molecule has 0 saturated carbocycles. The maximum absolute atomic E-state index is 12.6. The van der Waals surface area contributed by atoms with E-state index < -0.39 is 11.6 Å². The van der Waals surface area contributed by atoms with Gasteiger partial charge in [0.2, 0.25) is 0 Å². The van der Waals surface area contributed by atoms with Gasteiger partial charge in [-0.05, 0) is 16.5 Å². The molecule has 0 aliphatic carbocycles. The summed E-state index contributed by atoms with van der Waals surface area (Å²) < 4.78 is 12.6. The number of halogens is 1. The predicted octanol–water partition coefficient (Wildman–Crippen LogP) is 3.80. The van der Waals surface area contributed by atoms with Crippen molar-refractivity contribution in [2.45, 2.75) is 33.1 Å². The van der Waals surface area contributed by atoms with Gasteiger partial charge < -0.3 is 0 Å². The highest BCUT2D eigenvalue weighted by Crippen LogP contribution is 2.30. The average molecular weight is 238 g/mol. The molecule has 0 saturated heterocycles. The molecule has 0 bridgehead atoms. The topological polar surface area (TPSA) is 43.1 Å². The Morgan fingerprint density at radius 3 is 2.35 bits per heavy atom. The van der Waals surface area contributed by atoms with Crippen LogP contribution in [0.1, 0.15) is 38.8 Å². The lowest BCUT2D eigenvalue weighted by Gasteiger charge is -2.20. The van der Waals surface area contributed by atoms with Crippen molar-refractivity contribution in [2.75, 3.05) is 6.67 Å². The SMILES string of the molecule is C[C](CF)c1cc([N+](=O)[O-])cc(C(C)(C)C)c1. The van der Waals surface area contributed by atoms with E-state index in [1.807, 2.05) is 26.8 Å². The fourth-order valence-electron chi connectivity index (χ4n) is 1.47. The molecule has 0 aliphatic heterocycles. The lowest BCUT2D eigenvalue weighted by Crippen LogP contribution is -2.13. The highest BCUT2D eigenvalue weighted by Gasteiger charge is 2.20. The molecular weight excluding hydrogens is 221 g/mol. The van der Waals surface area contributed by atoms with Gasteiger partial charge in [-0.2, -0.15) is 0 Å². The first kappa shape index (κ1) is 13.6. The lowest BCUT2D eigenvalue weighted by molar-refractivity contribution is -0.385. The second-order valence-corrected chi connectivity index (χ2v) is 5.19. The third-order valence-electron chi connectivity index (χ3n) is 2.69. The van der Waals surface area contributed by atoms with Crippen molar-refractivity contribution >= 4 is 5.69 Å². The van der Waals surface area contributed by atoms with Crippen molar-refractivity contribution in [1.29, 1.82) is 0 Å². The van der Waals surface area contributed by atoms with Gasteiger partial charge in [0.25, 0.3) is 5.69 Å². The summed E-state index contributed by atoms with van der Waals surface area (Å²) >= 11 is 0. The van der Waals surface area contributed by atoms with Gasteiger partial charge in [-0.15, -0.1) is 0 Å². The van der Waals surface area contributed by atoms with Crippen molar-refractivity contribution in [3.63, 3.8) is 0 Å². The van der Waals surface area contributed by atoms with Gasteiger partial charge >= 0.3 is 0 Å². The van der Waals surface area contributed by atoms with Crippen LogP contribution in [0.5, 0.6) is 0 Å². The second kappa shape index (κ2) is 4.82. The van der Waals surface area contributed by atoms with E-state index in [-0.39, 0.29) is 11.1 Å². The molecule has 0 atom stereocenters. The molecule has 0 heterocycles. The largest absolute Gasteiger partial charge is 0.270 e. The molecule has 1 aromatic rings. The fourth-order valence-corrected chi connectivity index (χ4v) is 1.47. The summed E-state index contributed by atoms with van der Waals surface area (Å²) in [5.41, 5.74) is 1.26. The zero-order valence-corrected chi connectivity index (χ0v) is 10.6. The van der Waals surface area contributed by atoms with Crippen LogP contribution in [-0.4, -0.2) is 11.6 Å². The van der Waals surface area contributed by atoms with Crippen molar-refractivity contribution in [3.8, 4) is 0 Å². The van der Waals surface area contributed by atoms with Crippen LogP contribution in [0.15, 0.2) is 18.2 Å². The summed E-state index contributed by atoms with van der Waals surface area (Å²) in [4.78, 5) is 10.4. The summed E-state index contributed by atoms with van der Waals surface area (Å²) in [7, 11) is 0. The number of rotatable bonds is 3. The molecule has 0 unspecified atom stereocenters. The summed E-state index contributed by atoms with van der Waals surface area (Å²) in [6, 6.07) is 4.79. The van der Waals surface area contributed by atoms with E-state index in [0.29, 0.717) is 11.5 Å².